The van der Waals surface area contributed by atoms with E-state index in [1.54, 1.807) is 47.6 Å². The van der Waals surface area contributed by atoms with Crippen molar-refractivity contribution in [3.8, 4) is 6.07 Å². The van der Waals surface area contributed by atoms with Gasteiger partial charge in [0.2, 0.25) is 0 Å². The van der Waals surface area contributed by atoms with Crippen LogP contribution in [0.2, 0.25) is 0 Å². The fraction of sp³-hybridized carbons (Fsp3) is 0.346. The molecule has 7 heteroatoms. The van der Waals surface area contributed by atoms with Crippen LogP contribution in [0.3, 0.4) is 0 Å². The van der Waals surface area contributed by atoms with E-state index < -0.39 is 0 Å². The number of halogens is 1. The number of aromatic nitrogens is 1. The first-order chi connectivity index (χ1) is 16.1. The second-order valence-electron chi connectivity index (χ2n) is 8.58. The molecule has 1 aliphatic carbocycles. The molecule has 2 aromatic carbocycles. The fourth-order valence-electron chi connectivity index (χ4n) is 4.68. The highest BCUT2D eigenvalue weighted by Crippen LogP contribution is 2.38. The molecule has 1 fully saturated rings. The van der Waals surface area contributed by atoms with Crippen LogP contribution >= 0.6 is 0 Å². The smallest absolute Gasteiger partial charge is 0.265 e. The highest BCUT2D eigenvalue weighted by atomic mass is 19.1. The number of hydrogen-bond acceptors (Lipinski definition) is 5. The molecule has 1 aliphatic rings. The van der Waals surface area contributed by atoms with Crippen LogP contribution in [0.25, 0.3) is 10.9 Å². The van der Waals surface area contributed by atoms with Crippen molar-refractivity contribution in [3.63, 3.8) is 0 Å². The summed E-state index contributed by atoms with van der Waals surface area (Å²) in [6.07, 6.45) is 5.73. The molecule has 0 radical (unpaired) electrons. The van der Waals surface area contributed by atoms with Crippen LogP contribution in [0.5, 0.6) is 0 Å². The molecule has 1 saturated carbocycles. The van der Waals surface area contributed by atoms with Crippen molar-refractivity contribution in [2.75, 3.05) is 19.7 Å². The zero-order chi connectivity index (χ0) is 23.2. The Labute approximate surface area is 192 Å². The number of hydrogen-bond donors (Lipinski definition) is 2. The lowest BCUT2D eigenvalue weighted by Crippen LogP contribution is -2.46. The van der Waals surface area contributed by atoms with Gasteiger partial charge >= 0.3 is 0 Å². The molecule has 1 heterocycles. The Kier molecular flexibility index (Phi) is 7.28. The van der Waals surface area contributed by atoms with E-state index >= 15 is 0 Å². The maximum atomic E-state index is 13.8. The first-order valence-electron chi connectivity index (χ1n) is 11.3. The number of carbonyl (C=O) groups is 1. The van der Waals surface area contributed by atoms with Crippen LogP contribution in [0.4, 0.5) is 4.39 Å². The number of pyridine rings is 1. The van der Waals surface area contributed by atoms with Gasteiger partial charge in [-0.25, -0.2) is 9.40 Å². The van der Waals surface area contributed by atoms with E-state index in [2.05, 4.69) is 10.4 Å². The van der Waals surface area contributed by atoms with E-state index in [-0.39, 0.29) is 18.3 Å². The van der Waals surface area contributed by atoms with Crippen molar-refractivity contribution in [1.82, 2.24) is 15.4 Å². The Morgan fingerprint density at radius 3 is 2.61 bits per heavy atom. The molecule has 170 valence electrons. The van der Waals surface area contributed by atoms with E-state index in [1.165, 1.54) is 6.07 Å². The minimum absolute atomic E-state index is 0.0580. The third-order valence-electron chi connectivity index (χ3n) is 6.41. The van der Waals surface area contributed by atoms with Gasteiger partial charge in [0.25, 0.3) is 5.91 Å². The zero-order valence-electron chi connectivity index (χ0n) is 18.4. The first-order valence-corrected chi connectivity index (χ1v) is 11.3. The molecule has 0 saturated heterocycles. The van der Waals surface area contributed by atoms with E-state index in [1.807, 2.05) is 12.1 Å². The summed E-state index contributed by atoms with van der Waals surface area (Å²) in [5.74, 6) is 0.238. The van der Waals surface area contributed by atoms with Gasteiger partial charge in [0.05, 0.1) is 23.8 Å². The van der Waals surface area contributed by atoms with Gasteiger partial charge in [-0.05, 0) is 91.6 Å². The Morgan fingerprint density at radius 2 is 1.91 bits per heavy atom. The molecule has 0 unspecified atom stereocenters. The highest BCUT2D eigenvalue weighted by Gasteiger charge is 2.26. The summed E-state index contributed by atoms with van der Waals surface area (Å²) in [6.45, 7) is 0.939. The largest absolute Gasteiger partial charge is 0.395 e. The first kappa shape index (κ1) is 22.8. The summed E-state index contributed by atoms with van der Waals surface area (Å²) < 4.78 is 13.8. The summed E-state index contributed by atoms with van der Waals surface area (Å²) in [7, 11) is 0. The number of fused-ring (bicyclic) bond motifs is 1. The van der Waals surface area contributed by atoms with E-state index in [4.69, 9.17) is 5.26 Å². The lowest BCUT2D eigenvalue weighted by Gasteiger charge is -2.33. The number of nitrogens with zero attached hydrogens (tertiary/aromatic N) is 3. The number of nitrogens with one attached hydrogen (secondary N) is 1. The second kappa shape index (κ2) is 10.5. The number of benzene rings is 2. The fourth-order valence-corrected chi connectivity index (χ4v) is 4.68. The van der Waals surface area contributed by atoms with Crippen molar-refractivity contribution >= 4 is 16.8 Å². The Balaban J connectivity index is 1.37. The average molecular weight is 447 g/mol. The molecule has 0 spiro atoms. The van der Waals surface area contributed by atoms with E-state index in [0.717, 1.165) is 42.1 Å². The van der Waals surface area contributed by atoms with E-state index in [0.29, 0.717) is 36.1 Å². The number of carbonyl (C=O) groups excluding carboxylic acids is 1. The number of amides is 1. The van der Waals surface area contributed by atoms with Gasteiger partial charge < -0.3 is 5.11 Å². The Bertz CT molecular complexity index is 1150. The highest BCUT2D eigenvalue weighted by molar-refractivity contribution is 5.93. The van der Waals surface area contributed by atoms with Crippen molar-refractivity contribution < 1.29 is 14.3 Å². The lowest BCUT2D eigenvalue weighted by molar-refractivity contribution is 0.0680. The lowest BCUT2D eigenvalue weighted by atomic mass is 9.78. The van der Waals surface area contributed by atoms with Crippen LogP contribution in [0, 0.1) is 23.1 Å². The third-order valence-corrected chi connectivity index (χ3v) is 6.41. The molecule has 1 amide bonds. The van der Waals surface area contributed by atoms with Crippen molar-refractivity contribution in [2.45, 2.75) is 31.6 Å². The standard InChI is InChI=1S/C26H27FN4O2/c27-22-9-10-25-24(15-22)23(11-12-29-25)20-5-3-19(4-6-20)17-31(13-14-32)30-26(33)21-7-1-18(16-28)2-8-21/h1-2,7-12,15,19-20,32H,3-6,13-14,17H2,(H,30,33). The van der Waals surface area contributed by atoms with Gasteiger partial charge in [0, 0.05) is 30.2 Å². The van der Waals surface area contributed by atoms with Crippen molar-refractivity contribution in [2.24, 2.45) is 5.92 Å². The van der Waals surface area contributed by atoms with Gasteiger partial charge in [0.15, 0.2) is 0 Å². The summed E-state index contributed by atoms with van der Waals surface area (Å²) >= 11 is 0. The van der Waals surface area contributed by atoms with Crippen LogP contribution in [-0.2, 0) is 0 Å². The van der Waals surface area contributed by atoms with Crippen LogP contribution < -0.4 is 5.43 Å². The van der Waals surface area contributed by atoms with Crippen LogP contribution in [-0.4, -0.2) is 40.7 Å². The predicted octanol–water partition coefficient (Wildman–Crippen LogP) is 4.16. The predicted molar refractivity (Wildman–Crippen MR) is 124 cm³/mol. The quantitative estimate of drug-likeness (QED) is 0.532. The van der Waals surface area contributed by atoms with E-state index in [9.17, 15) is 14.3 Å². The molecule has 2 N–H and O–H groups in total. The zero-order valence-corrected chi connectivity index (χ0v) is 18.4. The maximum absolute atomic E-state index is 13.8. The average Bonchev–Trinajstić information content (AvgIpc) is 2.84. The van der Waals surface area contributed by atoms with Gasteiger partial charge in [-0.2, -0.15) is 5.26 Å². The Hall–Kier alpha value is -3.34. The van der Waals surface area contributed by atoms with Gasteiger partial charge in [-0.15, -0.1) is 0 Å². The second-order valence-corrected chi connectivity index (χ2v) is 8.58. The third kappa shape index (κ3) is 5.54. The number of rotatable bonds is 7. The molecule has 0 bridgehead atoms. The summed E-state index contributed by atoms with van der Waals surface area (Å²) in [5.41, 5.74) is 5.83. The summed E-state index contributed by atoms with van der Waals surface area (Å²) in [4.78, 5) is 17.0. The topological polar surface area (TPSA) is 89.2 Å². The number of aliphatic hydroxyl groups excluding tert-OH is 1. The molecule has 6 nitrogen and oxygen atoms in total. The SMILES string of the molecule is N#Cc1ccc(C(=O)NN(CCO)CC2CCC(c3ccnc4ccc(F)cc34)CC2)cc1. The number of aliphatic hydroxyl groups is 1. The molecule has 1 aromatic heterocycles. The van der Waals surface area contributed by atoms with Gasteiger partial charge in [-0.1, -0.05) is 0 Å². The summed E-state index contributed by atoms with van der Waals surface area (Å²) in [5, 5.41) is 21.0. The van der Waals surface area contributed by atoms with Gasteiger partial charge in [-0.3, -0.25) is 15.2 Å². The normalized spacial score (nSPS) is 18.2. The molecule has 4 rings (SSSR count). The monoisotopic (exact) mass is 446 g/mol. The maximum Gasteiger partial charge on any atom is 0.265 e. The van der Waals surface area contributed by atoms with Crippen LogP contribution in [0.15, 0.2) is 54.7 Å². The molecular formula is C26H27FN4O2. The molecule has 3 aromatic rings. The van der Waals surface area contributed by atoms with Crippen LogP contribution in [0.1, 0.15) is 53.1 Å². The van der Waals surface area contributed by atoms with Gasteiger partial charge in [0.1, 0.15) is 5.82 Å². The molecule has 0 aliphatic heterocycles. The Morgan fingerprint density at radius 1 is 1.15 bits per heavy atom. The summed E-state index contributed by atoms with van der Waals surface area (Å²) in [6, 6.07) is 15.3. The minimum Gasteiger partial charge on any atom is -0.395 e. The molecular weight excluding hydrogens is 419 g/mol. The molecule has 0 atom stereocenters. The number of hydrazine groups is 1. The number of nitriles is 1. The molecule has 33 heavy (non-hydrogen) atoms. The van der Waals surface area contributed by atoms with Crippen molar-refractivity contribution in [1.29, 1.82) is 5.26 Å². The van der Waals surface area contributed by atoms with Crippen molar-refractivity contribution in [3.05, 3.63) is 77.2 Å². The minimum atomic E-state index is -0.257.